The lowest BCUT2D eigenvalue weighted by Crippen LogP contribution is -2.15. The van der Waals surface area contributed by atoms with E-state index < -0.39 is 17.8 Å². The summed E-state index contributed by atoms with van der Waals surface area (Å²) in [7, 11) is 0. The molecule has 0 aliphatic heterocycles. The predicted octanol–water partition coefficient (Wildman–Crippen LogP) is 6.19. The molecule has 152 valence electrons. The van der Waals surface area contributed by atoms with Crippen LogP contribution >= 0.6 is 31.9 Å². The van der Waals surface area contributed by atoms with Crippen LogP contribution in [0.1, 0.15) is 16.2 Å². The van der Waals surface area contributed by atoms with Crippen molar-refractivity contribution in [1.29, 1.82) is 0 Å². The maximum Gasteiger partial charge on any atom is 0.433 e. The van der Waals surface area contributed by atoms with Gasteiger partial charge in [-0.05, 0) is 46.3 Å². The van der Waals surface area contributed by atoms with Crippen LogP contribution in [-0.2, 0) is 6.18 Å². The Bertz CT molecular complexity index is 1240. The Hall–Kier alpha value is -2.72. The minimum Gasteiger partial charge on any atom is -0.321 e. The second kappa shape index (κ2) is 7.84. The van der Waals surface area contributed by atoms with Crippen LogP contribution in [0.4, 0.5) is 18.9 Å². The van der Waals surface area contributed by atoms with E-state index in [-0.39, 0.29) is 21.5 Å². The Morgan fingerprint density at radius 3 is 2.30 bits per heavy atom. The van der Waals surface area contributed by atoms with E-state index in [1.807, 2.05) is 0 Å². The lowest BCUT2D eigenvalue weighted by Gasteiger charge is -2.11. The molecule has 0 fully saturated rings. The first-order chi connectivity index (χ1) is 14.2. The van der Waals surface area contributed by atoms with Crippen LogP contribution in [0, 0.1) is 0 Å². The second-order valence-electron chi connectivity index (χ2n) is 6.25. The quantitative estimate of drug-likeness (QED) is 0.337. The van der Waals surface area contributed by atoms with Crippen molar-refractivity contribution in [2.24, 2.45) is 0 Å². The average molecular weight is 540 g/mol. The lowest BCUT2D eigenvalue weighted by molar-refractivity contribution is -0.142. The van der Waals surface area contributed by atoms with E-state index in [0.717, 1.165) is 10.5 Å². The Balaban J connectivity index is 1.84. The van der Waals surface area contributed by atoms with Crippen LogP contribution in [0.25, 0.3) is 16.9 Å². The van der Waals surface area contributed by atoms with E-state index >= 15 is 0 Å². The van der Waals surface area contributed by atoms with Gasteiger partial charge in [0, 0.05) is 15.7 Å². The van der Waals surface area contributed by atoms with E-state index in [2.05, 4.69) is 47.3 Å². The largest absolute Gasteiger partial charge is 0.433 e. The molecule has 2 aromatic heterocycles. The summed E-state index contributed by atoms with van der Waals surface area (Å²) in [4.78, 5) is 17.0. The molecule has 0 aliphatic carbocycles. The molecule has 5 nitrogen and oxygen atoms in total. The molecule has 2 heterocycles. The Labute approximate surface area is 185 Å². The number of aromatic nitrogens is 3. The summed E-state index contributed by atoms with van der Waals surface area (Å²) in [6.45, 7) is 0. The molecule has 0 aliphatic rings. The minimum atomic E-state index is -4.70. The highest BCUT2D eigenvalue weighted by Gasteiger charge is 2.36. The smallest absolute Gasteiger partial charge is 0.321 e. The number of rotatable bonds is 3. The molecule has 0 saturated carbocycles. The first-order valence-corrected chi connectivity index (χ1v) is 10.1. The number of nitrogens with zero attached hydrogens (tertiary/aromatic N) is 3. The lowest BCUT2D eigenvalue weighted by atomic mass is 10.1. The monoisotopic (exact) mass is 538 g/mol. The van der Waals surface area contributed by atoms with Gasteiger partial charge in [-0.1, -0.05) is 46.3 Å². The Morgan fingerprint density at radius 1 is 1.00 bits per heavy atom. The molecule has 4 rings (SSSR count). The van der Waals surface area contributed by atoms with Crippen molar-refractivity contribution in [3.63, 3.8) is 0 Å². The van der Waals surface area contributed by atoms with Gasteiger partial charge in [0.05, 0.1) is 10.2 Å². The van der Waals surface area contributed by atoms with Gasteiger partial charge in [-0.25, -0.2) is 9.50 Å². The zero-order valence-corrected chi connectivity index (χ0v) is 18.1. The van der Waals surface area contributed by atoms with Crippen LogP contribution in [0.15, 0.2) is 69.6 Å². The van der Waals surface area contributed by atoms with Gasteiger partial charge in [-0.15, -0.1) is 0 Å². The van der Waals surface area contributed by atoms with Gasteiger partial charge < -0.3 is 5.32 Å². The summed E-state index contributed by atoms with van der Waals surface area (Å²) in [5.74, 6) is -0.663. The summed E-state index contributed by atoms with van der Waals surface area (Å²) in [5, 5.41) is 6.51. The SMILES string of the molecule is O=C(Nc1ccc(Br)cc1)c1nn2c(C(F)(F)F)cc(-c3ccccc3)nc2c1Br. The molecule has 0 bridgehead atoms. The molecule has 4 aromatic rings. The van der Waals surface area contributed by atoms with E-state index in [4.69, 9.17) is 0 Å². The number of benzene rings is 2. The van der Waals surface area contributed by atoms with Crippen LogP contribution in [0.2, 0.25) is 0 Å². The first-order valence-electron chi connectivity index (χ1n) is 8.53. The molecule has 1 N–H and O–H groups in total. The molecule has 2 aromatic carbocycles. The highest BCUT2D eigenvalue weighted by Crippen LogP contribution is 2.34. The highest BCUT2D eigenvalue weighted by molar-refractivity contribution is 9.11. The summed E-state index contributed by atoms with van der Waals surface area (Å²) in [6, 6.07) is 16.2. The molecule has 0 atom stereocenters. The maximum atomic E-state index is 13.7. The number of hydrogen-bond acceptors (Lipinski definition) is 3. The maximum absolute atomic E-state index is 13.7. The van der Waals surface area contributed by atoms with Crippen LogP contribution in [0.3, 0.4) is 0 Å². The van der Waals surface area contributed by atoms with Crippen LogP contribution in [0.5, 0.6) is 0 Å². The standard InChI is InChI=1S/C20H11Br2F3N4O/c21-12-6-8-13(9-7-12)26-19(30)17-16(22)18-27-14(11-4-2-1-3-5-11)10-15(20(23,24)25)29(18)28-17/h1-10H,(H,26,30). The van der Waals surface area contributed by atoms with Crippen molar-refractivity contribution in [3.8, 4) is 11.3 Å². The zero-order chi connectivity index (χ0) is 21.5. The number of carbonyl (C=O) groups is 1. The molecule has 30 heavy (non-hydrogen) atoms. The molecule has 0 spiro atoms. The molecule has 0 radical (unpaired) electrons. The minimum absolute atomic E-state index is 0.0698. The predicted molar refractivity (Wildman–Crippen MR) is 113 cm³/mol. The third-order valence-corrected chi connectivity index (χ3v) is 5.47. The third-order valence-electron chi connectivity index (χ3n) is 4.21. The van der Waals surface area contributed by atoms with Gasteiger partial charge in [0.25, 0.3) is 5.91 Å². The normalized spacial score (nSPS) is 11.6. The number of amides is 1. The van der Waals surface area contributed by atoms with E-state index in [0.29, 0.717) is 15.8 Å². The van der Waals surface area contributed by atoms with Gasteiger partial charge in [0.2, 0.25) is 0 Å². The first kappa shape index (κ1) is 20.5. The fourth-order valence-corrected chi connectivity index (χ4v) is 3.60. The number of alkyl halides is 3. The van der Waals surface area contributed by atoms with Crippen molar-refractivity contribution in [3.05, 3.63) is 81.0 Å². The highest BCUT2D eigenvalue weighted by atomic mass is 79.9. The molecule has 10 heteroatoms. The number of hydrogen-bond donors (Lipinski definition) is 1. The van der Waals surface area contributed by atoms with Crippen LogP contribution in [-0.4, -0.2) is 20.5 Å². The van der Waals surface area contributed by atoms with E-state index in [1.165, 1.54) is 0 Å². The summed E-state index contributed by atoms with van der Waals surface area (Å²) in [5.41, 5.74) is -0.239. The molecule has 1 amide bonds. The number of anilines is 1. The van der Waals surface area contributed by atoms with E-state index in [9.17, 15) is 18.0 Å². The van der Waals surface area contributed by atoms with Crippen molar-refractivity contribution in [1.82, 2.24) is 14.6 Å². The van der Waals surface area contributed by atoms with Crippen molar-refractivity contribution in [2.75, 3.05) is 5.32 Å². The summed E-state index contributed by atoms with van der Waals surface area (Å²) in [6.07, 6.45) is -4.70. The Morgan fingerprint density at radius 2 is 1.67 bits per heavy atom. The summed E-state index contributed by atoms with van der Waals surface area (Å²) >= 11 is 6.50. The number of halogens is 5. The fraction of sp³-hybridized carbons (Fsp3) is 0.0500. The molecular weight excluding hydrogens is 529 g/mol. The van der Waals surface area contributed by atoms with Gasteiger partial charge in [-0.2, -0.15) is 18.3 Å². The van der Waals surface area contributed by atoms with Gasteiger partial charge in [0.15, 0.2) is 17.0 Å². The topological polar surface area (TPSA) is 59.3 Å². The van der Waals surface area contributed by atoms with Crippen molar-refractivity contribution in [2.45, 2.75) is 6.18 Å². The fourth-order valence-electron chi connectivity index (χ4n) is 2.82. The zero-order valence-electron chi connectivity index (χ0n) is 14.9. The third kappa shape index (κ3) is 3.97. The molecule has 0 unspecified atom stereocenters. The molecule has 0 saturated heterocycles. The van der Waals surface area contributed by atoms with Crippen molar-refractivity contribution >= 4 is 49.1 Å². The second-order valence-corrected chi connectivity index (χ2v) is 7.96. The van der Waals surface area contributed by atoms with Gasteiger partial charge in [0.1, 0.15) is 0 Å². The number of fused-ring (bicyclic) bond motifs is 1. The Kier molecular flexibility index (Phi) is 5.37. The van der Waals surface area contributed by atoms with E-state index in [1.54, 1.807) is 54.6 Å². The van der Waals surface area contributed by atoms with Crippen LogP contribution < -0.4 is 5.32 Å². The van der Waals surface area contributed by atoms with Gasteiger partial charge >= 0.3 is 6.18 Å². The average Bonchev–Trinajstić information content (AvgIpc) is 3.05. The van der Waals surface area contributed by atoms with Crippen molar-refractivity contribution < 1.29 is 18.0 Å². The number of carbonyl (C=O) groups excluding carboxylic acids is 1. The van der Waals surface area contributed by atoms with Gasteiger partial charge in [-0.3, -0.25) is 4.79 Å². The molecular formula is C20H11Br2F3N4O. The number of nitrogens with one attached hydrogen (secondary N) is 1. The summed E-state index contributed by atoms with van der Waals surface area (Å²) < 4.78 is 42.7.